The molecule has 2 heterocycles. The third-order valence-corrected chi connectivity index (χ3v) is 5.50. The molecular formula is C22H31N3O5. The summed E-state index contributed by atoms with van der Waals surface area (Å²) >= 11 is 0. The minimum Gasteiger partial charge on any atom is -0.493 e. The van der Waals surface area contributed by atoms with Gasteiger partial charge in [-0.3, -0.25) is 14.8 Å². The van der Waals surface area contributed by atoms with Crippen molar-refractivity contribution in [1.29, 1.82) is 0 Å². The quantitative estimate of drug-likeness (QED) is 0.626. The van der Waals surface area contributed by atoms with Gasteiger partial charge in [0, 0.05) is 23.7 Å². The molecule has 3 rings (SSSR count). The van der Waals surface area contributed by atoms with Crippen molar-refractivity contribution >= 4 is 5.97 Å². The van der Waals surface area contributed by atoms with Gasteiger partial charge in [-0.1, -0.05) is 6.42 Å². The molecule has 0 spiro atoms. The van der Waals surface area contributed by atoms with Gasteiger partial charge in [-0.2, -0.15) is 5.10 Å². The van der Waals surface area contributed by atoms with E-state index in [1.54, 1.807) is 21.3 Å². The van der Waals surface area contributed by atoms with Crippen molar-refractivity contribution in [3.8, 4) is 28.5 Å². The van der Waals surface area contributed by atoms with Gasteiger partial charge in [-0.05, 0) is 38.4 Å². The van der Waals surface area contributed by atoms with Crippen molar-refractivity contribution in [1.82, 2.24) is 15.1 Å². The van der Waals surface area contributed by atoms with Crippen molar-refractivity contribution in [2.75, 3.05) is 34.5 Å². The van der Waals surface area contributed by atoms with E-state index in [2.05, 4.69) is 15.1 Å². The van der Waals surface area contributed by atoms with Gasteiger partial charge in [0.25, 0.3) is 0 Å². The second-order valence-electron chi connectivity index (χ2n) is 7.31. The number of benzene rings is 1. The van der Waals surface area contributed by atoms with Gasteiger partial charge < -0.3 is 18.9 Å². The lowest BCUT2D eigenvalue weighted by Gasteiger charge is -2.35. The molecule has 2 aromatic rings. The molecule has 164 valence electrons. The highest BCUT2D eigenvalue weighted by Crippen LogP contribution is 2.41. The number of methoxy groups -OCH3 is 3. The summed E-state index contributed by atoms with van der Waals surface area (Å²) in [6.07, 6.45) is 5.51. The summed E-state index contributed by atoms with van der Waals surface area (Å²) in [7, 11) is 4.78. The van der Waals surface area contributed by atoms with Crippen LogP contribution in [0, 0.1) is 0 Å². The third kappa shape index (κ3) is 4.87. The molecule has 8 nitrogen and oxygen atoms in total. The van der Waals surface area contributed by atoms with Crippen LogP contribution in [-0.2, 0) is 16.1 Å². The number of esters is 1. The topological polar surface area (TPSA) is 85.9 Å². The number of ether oxygens (including phenoxy) is 4. The molecule has 0 radical (unpaired) electrons. The number of aromatic nitrogens is 2. The van der Waals surface area contributed by atoms with Crippen LogP contribution in [0.2, 0.25) is 0 Å². The molecule has 1 fully saturated rings. The number of hydrogen-bond acceptors (Lipinski definition) is 7. The van der Waals surface area contributed by atoms with Gasteiger partial charge in [-0.15, -0.1) is 0 Å². The van der Waals surface area contributed by atoms with E-state index in [-0.39, 0.29) is 12.0 Å². The average molecular weight is 418 g/mol. The lowest BCUT2D eigenvalue weighted by Crippen LogP contribution is -2.40. The summed E-state index contributed by atoms with van der Waals surface area (Å²) < 4.78 is 21.6. The summed E-state index contributed by atoms with van der Waals surface area (Å²) in [5.41, 5.74) is 2.85. The van der Waals surface area contributed by atoms with Crippen LogP contribution < -0.4 is 14.2 Å². The van der Waals surface area contributed by atoms with Crippen LogP contribution in [0.4, 0.5) is 0 Å². The van der Waals surface area contributed by atoms with E-state index in [4.69, 9.17) is 18.9 Å². The highest BCUT2D eigenvalue weighted by atomic mass is 16.5. The number of likely N-dealkylation sites (tertiary alicyclic amines) is 1. The summed E-state index contributed by atoms with van der Waals surface area (Å²) in [5, 5.41) is 7.38. The molecule has 1 aromatic heterocycles. The van der Waals surface area contributed by atoms with Crippen LogP contribution in [0.25, 0.3) is 11.3 Å². The minimum atomic E-state index is -0.133. The lowest BCUT2D eigenvalue weighted by molar-refractivity contribution is -0.145. The number of carbonyl (C=O) groups is 1. The Labute approximate surface area is 177 Å². The van der Waals surface area contributed by atoms with Crippen molar-refractivity contribution in [2.45, 2.75) is 45.2 Å². The molecule has 0 bridgehead atoms. The Balaban J connectivity index is 1.85. The van der Waals surface area contributed by atoms with E-state index >= 15 is 0 Å². The molecule has 0 aliphatic carbocycles. The Morgan fingerprint density at radius 1 is 1.17 bits per heavy atom. The summed E-state index contributed by atoms with van der Waals surface area (Å²) in [4.78, 5) is 14.4. The summed E-state index contributed by atoms with van der Waals surface area (Å²) in [6.45, 7) is 3.90. The van der Waals surface area contributed by atoms with E-state index in [1.807, 2.05) is 25.3 Å². The molecule has 30 heavy (non-hydrogen) atoms. The summed E-state index contributed by atoms with van der Waals surface area (Å²) in [5.74, 6) is 1.60. The van der Waals surface area contributed by atoms with Gasteiger partial charge in [0.2, 0.25) is 5.75 Å². The first-order valence-electron chi connectivity index (χ1n) is 10.3. The number of aromatic amines is 1. The maximum absolute atomic E-state index is 12.0. The normalized spacial score (nSPS) is 16.9. The Bertz CT molecular complexity index is 826. The fourth-order valence-electron chi connectivity index (χ4n) is 4.04. The van der Waals surface area contributed by atoms with Gasteiger partial charge in [0.05, 0.1) is 46.2 Å². The van der Waals surface area contributed by atoms with Gasteiger partial charge in [0.1, 0.15) is 0 Å². The first-order chi connectivity index (χ1) is 14.6. The molecule has 0 amide bonds. The summed E-state index contributed by atoms with van der Waals surface area (Å²) in [6, 6.07) is 4.00. The Morgan fingerprint density at radius 2 is 1.90 bits per heavy atom. The predicted molar refractivity (Wildman–Crippen MR) is 113 cm³/mol. The second-order valence-corrected chi connectivity index (χ2v) is 7.31. The van der Waals surface area contributed by atoms with Gasteiger partial charge in [-0.25, -0.2) is 0 Å². The zero-order chi connectivity index (χ0) is 21.5. The molecule has 1 aliphatic heterocycles. The van der Waals surface area contributed by atoms with Crippen molar-refractivity contribution < 1.29 is 23.7 Å². The molecule has 0 saturated carbocycles. The van der Waals surface area contributed by atoms with Crippen LogP contribution in [0.3, 0.4) is 0 Å². The smallest absolute Gasteiger partial charge is 0.307 e. The van der Waals surface area contributed by atoms with Crippen LogP contribution >= 0.6 is 0 Å². The van der Waals surface area contributed by atoms with Crippen molar-refractivity contribution in [2.24, 2.45) is 0 Å². The SMILES string of the molecule is CCOC(=O)C[C@H]1CCCCN1Cc1cn[nH]c1-c1cc(OC)c(OC)c(OC)c1. The molecule has 0 unspecified atom stereocenters. The van der Waals surface area contributed by atoms with Gasteiger partial charge >= 0.3 is 5.97 Å². The van der Waals surface area contributed by atoms with Crippen LogP contribution in [0.5, 0.6) is 17.2 Å². The first kappa shape index (κ1) is 22.0. The molecule has 1 N–H and O–H groups in total. The number of piperidine rings is 1. The molecule has 1 atom stereocenters. The van der Waals surface area contributed by atoms with E-state index in [9.17, 15) is 4.79 Å². The van der Waals surface area contributed by atoms with E-state index in [0.717, 1.165) is 42.6 Å². The fraction of sp³-hybridized carbons (Fsp3) is 0.545. The molecule has 8 heteroatoms. The Hall–Kier alpha value is -2.74. The zero-order valence-electron chi connectivity index (χ0n) is 18.2. The van der Waals surface area contributed by atoms with E-state index in [0.29, 0.717) is 36.8 Å². The average Bonchev–Trinajstić information content (AvgIpc) is 3.22. The van der Waals surface area contributed by atoms with Crippen molar-refractivity contribution in [3.05, 3.63) is 23.9 Å². The maximum Gasteiger partial charge on any atom is 0.307 e. The van der Waals surface area contributed by atoms with Crippen LogP contribution in [-0.4, -0.2) is 61.6 Å². The molecular weight excluding hydrogens is 386 g/mol. The zero-order valence-corrected chi connectivity index (χ0v) is 18.2. The minimum absolute atomic E-state index is 0.133. The van der Waals surface area contributed by atoms with Gasteiger partial charge in [0.15, 0.2) is 11.5 Å². The monoisotopic (exact) mass is 417 g/mol. The number of hydrogen-bond donors (Lipinski definition) is 1. The number of rotatable bonds is 9. The molecule has 1 saturated heterocycles. The van der Waals surface area contributed by atoms with Crippen LogP contribution in [0.15, 0.2) is 18.3 Å². The predicted octanol–water partition coefficient (Wildman–Crippen LogP) is 3.41. The van der Waals surface area contributed by atoms with Crippen LogP contribution in [0.1, 0.15) is 38.2 Å². The van der Waals surface area contributed by atoms with E-state index < -0.39 is 0 Å². The second kappa shape index (κ2) is 10.3. The lowest BCUT2D eigenvalue weighted by atomic mass is 9.98. The number of H-pyrrole nitrogens is 1. The highest BCUT2D eigenvalue weighted by molar-refractivity contribution is 5.71. The number of carbonyl (C=O) groups excluding carboxylic acids is 1. The molecule has 1 aromatic carbocycles. The largest absolute Gasteiger partial charge is 0.493 e. The Kier molecular flexibility index (Phi) is 7.57. The Morgan fingerprint density at radius 3 is 2.53 bits per heavy atom. The number of nitrogens with one attached hydrogen (secondary N) is 1. The highest BCUT2D eigenvalue weighted by Gasteiger charge is 2.27. The van der Waals surface area contributed by atoms with Crippen molar-refractivity contribution in [3.63, 3.8) is 0 Å². The third-order valence-electron chi connectivity index (χ3n) is 5.50. The number of nitrogens with zero attached hydrogens (tertiary/aromatic N) is 2. The molecule has 1 aliphatic rings. The first-order valence-corrected chi connectivity index (χ1v) is 10.3. The standard InChI is InChI=1S/C22H31N3O5/c1-5-30-20(26)12-17-8-6-7-9-25(17)14-16-13-23-24-21(16)15-10-18(27-2)22(29-4)19(11-15)28-3/h10-11,13,17H,5-9,12,14H2,1-4H3,(H,23,24)/t17-/m1/s1. The maximum atomic E-state index is 12.0. The fourth-order valence-corrected chi connectivity index (χ4v) is 4.04. The van der Waals surface area contributed by atoms with E-state index in [1.165, 1.54) is 0 Å².